The Labute approximate surface area is 88.9 Å². The highest BCUT2D eigenvalue weighted by Crippen LogP contribution is 2.29. The molecule has 1 aromatic carbocycles. The summed E-state index contributed by atoms with van der Waals surface area (Å²) in [5.74, 6) is 1.88. The SMILES string of the molecule is COc1ccccc1SCCCC#N. The lowest BCUT2D eigenvalue weighted by Gasteiger charge is -2.06. The molecule has 0 spiro atoms. The van der Waals surface area contributed by atoms with Crippen molar-refractivity contribution in [3.05, 3.63) is 24.3 Å². The minimum atomic E-state index is 0.627. The van der Waals surface area contributed by atoms with Gasteiger partial charge in [0.15, 0.2) is 0 Å². The molecule has 1 aromatic rings. The maximum Gasteiger partial charge on any atom is 0.132 e. The van der Waals surface area contributed by atoms with Gasteiger partial charge in [-0.15, -0.1) is 11.8 Å². The van der Waals surface area contributed by atoms with E-state index in [2.05, 4.69) is 6.07 Å². The quantitative estimate of drug-likeness (QED) is 0.549. The Hall–Kier alpha value is -1.14. The van der Waals surface area contributed by atoms with Crippen LogP contribution in [0.4, 0.5) is 0 Å². The van der Waals surface area contributed by atoms with E-state index in [0.29, 0.717) is 6.42 Å². The van der Waals surface area contributed by atoms with E-state index < -0.39 is 0 Å². The second kappa shape index (κ2) is 6.33. The molecule has 0 aliphatic heterocycles. The third-order valence-electron chi connectivity index (χ3n) is 1.76. The Morgan fingerprint density at radius 2 is 2.21 bits per heavy atom. The summed E-state index contributed by atoms with van der Waals surface area (Å²) in [6, 6.07) is 10.1. The van der Waals surface area contributed by atoms with Crippen molar-refractivity contribution >= 4 is 11.8 Å². The summed E-state index contributed by atoms with van der Waals surface area (Å²) in [5, 5.41) is 8.38. The van der Waals surface area contributed by atoms with Crippen molar-refractivity contribution in [2.45, 2.75) is 17.7 Å². The molecule has 0 saturated heterocycles. The van der Waals surface area contributed by atoms with Crippen LogP contribution in [0.3, 0.4) is 0 Å². The Morgan fingerprint density at radius 1 is 1.43 bits per heavy atom. The van der Waals surface area contributed by atoms with Crippen molar-refractivity contribution in [3.63, 3.8) is 0 Å². The van der Waals surface area contributed by atoms with Gasteiger partial charge < -0.3 is 4.74 Å². The van der Waals surface area contributed by atoms with E-state index in [1.807, 2.05) is 24.3 Å². The second-order valence-corrected chi connectivity index (χ2v) is 3.90. The molecule has 0 fully saturated rings. The fourth-order valence-electron chi connectivity index (χ4n) is 1.07. The summed E-state index contributed by atoms with van der Waals surface area (Å²) in [7, 11) is 1.68. The number of unbranched alkanes of at least 4 members (excludes halogenated alkanes) is 1. The number of nitriles is 1. The van der Waals surface area contributed by atoms with E-state index in [4.69, 9.17) is 10.00 Å². The number of para-hydroxylation sites is 1. The molecule has 2 nitrogen and oxygen atoms in total. The zero-order chi connectivity index (χ0) is 10.2. The Morgan fingerprint density at radius 3 is 2.93 bits per heavy atom. The summed E-state index contributed by atoms with van der Waals surface area (Å²) in [6.07, 6.45) is 1.56. The van der Waals surface area contributed by atoms with Crippen LogP contribution in [-0.4, -0.2) is 12.9 Å². The number of thioether (sulfide) groups is 1. The molecule has 0 aliphatic rings. The van der Waals surface area contributed by atoms with Gasteiger partial charge >= 0.3 is 0 Å². The summed E-state index contributed by atoms with van der Waals surface area (Å²) < 4.78 is 5.22. The lowest BCUT2D eigenvalue weighted by Crippen LogP contribution is -1.86. The highest BCUT2D eigenvalue weighted by Gasteiger charge is 2.00. The van der Waals surface area contributed by atoms with Crippen LogP contribution in [0.25, 0.3) is 0 Å². The fourth-order valence-corrected chi connectivity index (χ4v) is 2.05. The largest absolute Gasteiger partial charge is 0.496 e. The van der Waals surface area contributed by atoms with Gasteiger partial charge in [-0.1, -0.05) is 12.1 Å². The predicted octanol–water partition coefficient (Wildman–Crippen LogP) is 3.09. The Kier molecular flexibility index (Phi) is 4.95. The van der Waals surface area contributed by atoms with Gasteiger partial charge in [-0.3, -0.25) is 0 Å². The average Bonchev–Trinajstić information content (AvgIpc) is 2.25. The van der Waals surface area contributed by atoms with E-state index in [9.17, 15) is 0 Å². The van der Waals surface area contributed by atoms with Crippen LogP contribution >= 0.6 is 11.8 Å². The molecule has 0 atom stereocenters. The van der Waals surface area contributed by atoms with Crippen LogP contribution in [0.1, 0.15) is 12.8 Å². The molecule has 14 heavy (non-hydrogen) atoms. The van der Waals surface area contributed by atoms with Gasteiger partial charge in [0.2, 0.25) is 0 Å². The molecule has 0 unspecified atom stereocenters. The van der Waals surface area contributed by atoms with Gasteiger partial charge in [-0.05, 0) is 24.3 Å². The van der Waals surface area contributed by atoms with Gasteiger partial charge in [-0.25, -0.2) is 0 Å². The Bertz CT molecular complexity index is 319. The van der Waals surface area contributed by atoms with Gasteiger partial charge in [-0.2, -0.15) is 5.26 Å². The maximum atomic E-state index is 8.38. The number of nitrogens with zero attached hydrogens (tertiary/aromatic N) is 1. The lowest BCUT2D eigenvalue weighted by molar-refractivity contribution is 0.405. The molecule has 0 aliphatic carbocycles. The van der Waals surface area contributed by atoms with Gasteiger partial charge in [0.05, 0.1) is 13.2 Å². The standard InChI is InChI=1S/C11H13NOS/c1-13-10-6-2-3-7-11(10)14-9-5-4-8-12/h2-3,6-7H,4-5,9H2,1H3. The highest BCUT2D eigenvalue weighted by molar-refractivity contribution is 7.99. The number of methoxy groups -OCH3 is 1. The molecule has 74 valence electrons. The molecule has 3 heteroatoms. The first kappa shape index (κ1) is 10.9. The summed E-state index contributed by atoms with van der Waals surface area (Å²) in [5.41, 5.74) is 0. The summed E-state index contributed by atoms with van der Waals surface area (Å²) in [6.45, 7) is 0. The zero-order valence-corrected chi connectivity index (χ0v) is 9.01. The van der Waals surface area contributed by atoms with Crippen LogP contribution in [0.15, 0.2) is 29.2 Å². The first-order valence-corrected chi connectivity index (χ1v) is 5.50. The van der Waals surface area contributed by atoms with Crippen LogP contribution in [0.5, 0.6) is 5.75 Å². The number of rotatable bonds is 5. The van der Waals surface area contributed by atoms with Crippen LogP contribution in [0, 0.1) is 11.3 Å². The molecular weight excluding hydrogens is 194 g/mol. The van der Waals surface area contributed by atoms with E-state index in [-0.39, 0.29) is 0 Å². The van der Waals surface area contributed by atoms with Crippen molar-refractivity contribution < 1.29 is 4.74 Å². The first-order chi connectivity index (χ1) is 6.88. The maximum absolute atomic E-state index is 8.38. The van der Waals surface area contributed by atoms with Crippen LogP contribution in [-0.2, 0) is 0 Å². The number of ether oxygens (including phenoxy) is 1. The summed E-state index contributed by atoms with van der Waals surface area (Å²) in [4.78, 5) is 1.15. The number of hydrogen-bond acceptors (Lipinski definition) is 3. The zero-order valence-electron chi connectivity index (χ0n) is 8.19. The molecule has 0 bridgehead atoms. The van der Waals surface area contributed by atoms with Crippen LogP contribution < -0.4 is 4.74 Å². The van der Waals surface area contributed by atoms with Crippen molar-refractivity contribution in [3.8, 4) is 11.8 Å². The highest BCUT2D eigenvalue weighted by atomic mass is 32.2. The lowest BCUT2D eigenvalue weighted by atomic mass is 10.3. The molecule has 0 N–H and O–H groups in total. The van der Waals surface area contributed by atoms with Gasteiger partial charge in [0.1, 0.15) is 5.75 Å². The second-order valence-electron chi connectivity index (χ2n) is 2.76. The van der Waals surface area contributed by atoms with E-state index >= 15 is 0 Å². The molecule has 0 saturated carbocycles. The van der Waals surface area contributed by atoms with Crippen molar-refractivity contribution in [1.82, 2.24) is 0 Å². The molecule has 0 amide bonds. The smallest absolute Gasteiger partial charge is 0.132 e. The first-order valence-electron chi connectivity index (χ1n) is 4.51. The van der Waals surface area contributed by atoms with Crippen LogP contribution in [0.2, 0.25) is 0 Å². The predicted molar refractivity (Wildman–Crippen MR) is 58.6 cm³/mol. The third kappa shape index (κ3) is 3.31. The minimum Gasteiger partial charge on any atom is -0.496 e. The number of benzene rings is 1. The topological polar surface area (TPSA) is 33.0 Å². The molecule has 0 heterocycles. The molecule has 1 rings (SSSR count). The summed E-state index contributed by atoms with van der Waals surface area (Å²) >= 11 is 1.74. The normalized spacial score (nSPS) is 9.43. The molecule has 0 aromatic heterocycles. The minimum absolute atomic E-state index is 0.627. The van der Waals surface area contributed by atoms with Crippen molar-refractivity contribution in [1.29, 1.82) is 5.26 Å². The Balaban J connectivity index is 2.46. The molecular formula is C11H13NOS. The van der Waals surface area contributed by atoms with Crippen molar-refractivity contribution in [2.75, 3.05) is 12.9 Å². The van der Waals surface area contributed by atoms with Gasteiger partial charge in [0.25, 0.3) is 0 Å². The van der Waals surface area contributed by atoms with Gasteiger partial charge in [0, 0.05) is 11.3 Å². The van der Waals surface area contributed by atoms with Crippen molar-refractivity contribution in [2.24, 2.45) is 0 Å². The third-order valence-corrected chi connectivity index (χ3v) is 2.90. The number of hydrogen-bond donors (Lipinski definition) is 0. The monoisotopic (exact) mass is 207 g/mol. The van der Waals surface area contributed by atoms with E-state index in [1.165, 1.54) is 0 Å². The van der Waals surface area contributed by atoms with E-state index in [0.717, 1.165) is 22.8 Å². The van der Waals surface area contributed by atoms with E-state index in [1.54, 1.807) is 18.9 Å². The molecule has 0 radical (unpaired) electrons. The average molecular weight is 207 g/mol. The fraction of sp³-hybridized carbons (Fsp3) is 0.364.